The molecular weight excluding hydrogens is 411 g/mol. The predicted octanol–water partition coefficient (Wildman–Crippen LogP) is 2.23. The standard InChI is InChI=1S/C15H18N4O3.HI/c1-16-15(19(2)9-12-5-6-22-18-12)17-8-11-3-4-13-14(7-11)21-10-20-13;/h3-7H,8-10H2,1-2H3,(H,16,17);1H. The Balaban J connectivity index is 0.00000192. The second kappa shape index (κ2) is 8.04. The van der Waals surface area contributed by atoms with Gasteiger partial charge >= 0.3 is 0 Å². The summed E-state index contributed by atoms with van der Waals surface area (Å²) in [6.45, 7) is 1.55. The van der Waals surface area contributed by atoms with Gasteiger partial charge in [0.2, 0.25) is 6.79 Å². The number of nitrogens with one attached hydrogen (secondary N) is 1. The van der Waals surface area contributed by atoms with Crippen LogP contribution in [0.2, 0.25) is 0 Å². The summed E-state index contributed by atoms with van der Waals surface area (Å²) >= 11 is 0. The third kappa shape index (κ3) is 4.27. The summed E-state index contributed by atoms with van der Waals surface area (Å²) in [4.78, 5) is 6.25. The zero-order valence-corrected chi connectivity index (χ0v) is 15.3. The summed E-state index contributed by atoms with van der Waals surface area (Å²) in [7, 11) is 3.70. The molecule has 1 aromatic heterocycles. The molecule has 7 nitrogen and oxygen atoms in total. The fourth-order valence-electron chi connectivity index (χ4n) is 2.25. The van der Waals surface area contributed by atoms with Gasteiger partial charge in [0, 0.05) is 26.7 Å². The van der Waals surface area contributed by atoms with E-state index in [9.17, 15) is 0 Å². The second-order valence-electron chi connectivity index (χ2n) is 4.94. The van der Waals surface area contributed by atoms with Gasteiger partial charge in [-0.15, -0.1) is 24.0 Å². The average molecular weight is 430 g/mol. The van der Waals surface area contributed by atoms with E-state index in [1.165, 1.54) is 0 Å². The maximum absolute atomic E-state index is 5.38. The molecule has 0 saturated carbocycles. The molecule has 23 heavy (non-hydrogen) atoms. The van der Waals surface area contributed by atoms with Crippen molar-refractivity contribution in [1.82, 2.24) is 15.4 Å². The number of rotatable bonds is 4. The quantitative estimate of drug-likeness (QED) is 0.456. The first kappa shape index (κ1) is 17.4. The van der Waals surface area contributed by atoms with E-state index in [-0.39, 0.29) is 30.8 Å². The lowest BCUT2D eigenvalue weighted by Gasteiger charge is -2.21. The molecule has 0 saturated heterocycles. The van der Waals surface area contributed by atoms with E-state index in [1.807, 2.05) is 36.2 Å². The molecule has 1 aromatic carbocycles. The van der Waals surface area contributed by atoms with E-state index in [2.05, 4.69) is 15.5 Å². The van der Waals surface area contributed by atoms with Crippen LogP contribution in [0.25, 0.3) is 0 Å². The Morgan fingerprint density at radius 3 is 2.87 bits per heavy atom. The molecule has 1 aliphatic heterocycles. The summed E-state index contributed by atoms with van der Waals surface area (Å²) in [5.41, 5.74) is 1.95. The lowest BCUT2D eigenvalue weighted by molar-refractivity contribution is 0.174. The number of benzene rings is 1. The highest BCUT2D eigenvalue weighted by molar-refractivity contribution is 14.0. The van der Waals surface area contributed by atoms with Crippen LogP contribution >= 0.6 is 24.0 Å². The van der Waals surface area contributed by atoms with Gasteiger partial charge < -0.3 is 24.2 Å². The van der Waals surface area contributed by atoms with Crippen molar-refractivity contribution in [2.75, 3.05) is 20.9 Å². The van der Waals surface area contributed by atoms with E-state index in [1.54, 1.807) is 13.3 Å². The number of halogens is 1. The molecule has 2 aromatic rings. The Kier molecular flexibility index (Phi) is 6.08. The normalized spacial score (nSPS) is 12.7. The topological polar surface area (TPSA) is 72.1 Å². The number of ether oxygens (including phenoxy) is 2. The predicted molar refractivity (Wildman–Crippen MR) is 96.1 cm³/mol. The van der Waals surface area contributed by atoms with Crippen molar-refractivity contribution < 1.29 is 14.0 Å². The van der Waals surface area contributed by atoms with Crippen molar-refractivity contribution in [3.05, 3.63) is 41.8 Å². The molecular formula is C15H19IN4O3. The van der Waals surface area contributed by atoms with E-state index >= 15 is 0 Å². The summed E-state index contributed by atoms with van der Waals surface area (Å²) in [5.74, 6) is 2.35. The fourth-order valence-corrected chi connectivity index (χ4v) is 2.25. The molecule has 0 aliphatic carbocycles. The van der Waals surface area contributed by atoms with Crippen LogP contribution in [0.4, 0.5) is 0 Å². The van der Waals surface area contributed by atoms with Crippen molar-refractivity contribution in [3.8, 4) is 11.5 Å². The Labute approximate surface area is 151 Å². The number of fused-ring (bicyclic) bond motifs is 1. The molecule has 0 amide bonds. The average Bonchev–Trinajstić information content (AvgIpc) is 3.18. The van der Waals surface area contributed by atoms with Crippen LogP contribution in [0.5, 0.6) is 11.5 Å². The van der Waals surface area contributed by atoms with Crippen molar-refractivity contribution >= 4 is 29.9 Å². The van der Waals surface area contributed by atoms with Crippen molar-refractivity contribution in [1.29, 1.82) is 0 Å². The van der Waals surface area contributed by atoms with Crippen molar-refractivity contribution in [2.24, 2.45) is 4.99 Å². The van der Waals surface area contributed by atoms with Gasteiger partial charge in [-0.2, -0.15) is 0 Å². The third-order valence-electron chi connectivity index (χ3n) is 3.35. The maximum atomic E-state index is 5.38. The van der Waals surface area contributed by atoms with Crippen molar-refractivity contribution in [2.45, 2.75) is 13.1 Å². The van der Waals surface area contributed by atoms with Crippen molar-refractivity contribution in [3.63, 3.8) is 0 Å². The highest BCUT2D eigenvalue weighted by Gasteiger charge is 2.14. The van der Waals surface area contributed by atoms with Gasteiger partial charge in [0.1, 0.15) is 12.0 Å². The third-order valence-corrected chi connectivity index (χ3v) is 3.35. The molecule has 0 spiro atoms. The summed E-state index contributed by atoms with van der Waals surface area (Å²) in [6.07, 6.45) is 1.56. The van der Waals surface area contributed by atoms with Gasteiger partial charge in [0.05, 0.1) is 6.54 Å². The van der Waals surface area contributed by atoms with Gasteiger partial charge in [-0.1, -0.05) is 11.2 Å². The zero-order chi connectivity index (χ0) is 15.4. The first-order valence-electron chi connectivity index (χ1n) is 6.96. The minimum atomic E-state index is 0. The van der Waals surface area contributed by atoms with Gasteiger partial charge in [0.25, 0.3) is 0 Å². The maximum Gasteiger partial charge on any atom is 0.231 e. The van der Waals surface area contributed by atoms with Gasteiger partial charge in [-0.25, -0.2) is 0 Å². The fraction of sp³-hybridized carbons (Fsp3) is 0.333. The Morgan fingerprint density at radius 1 is 1.30 bits per heavy atom. The highest BCUT2D eigenvalue weighted by atomic mass is 127. The van der Waals surface area contributed by atoms with E-state index < -0.39 is 0 Å². The monoisotopic (exact) mass is 430 g/mol. The number of hydrogen-bond acceptors (Lipinski definition) is 5. The number of aromatic nitrogens is 1. The SMILES string of the molecule is CN=C(NCc1ccc2c(c1)OCO2)N(C)Cc1ccon1.I. The molecule has 2 heterocycles. The van der Waals surface area contributed by atoms with Gasteiger partial charge in [-0.3, -0.25) is 4.99 Å². The largest absolute Gasteiger partial charge is 0.454 e. The second-order valence-corrected chi connectivity index (χ2v) is 4.94. The summed E-state index contributed by atoms with van der Waals surface area (Å²) in [5, 5.41) is 7.21. The zero-order valence-electron chi connectivity index (χ0n) is 13.0. The van der Waals surface area contributed by atoms with Gasteiger partial charge in [0.15, 0.2) is 17.5 Å². The lowest BCUT2D eigenvalue weighted by Crippen LogP contribution is -2.38. The molecule has 0 fully saturated rings. The van der Waals surface area contributed by atoms with Crippen LogP contribution in [0, 0.1) is 0 Å². The molecule has 0 unspecified atom stereocenters. The van der Waals surface area contributed by atoms with Crippen LogP contribution in [-0.2, 0) is 13.1 Å². The molecule has 0 radical (unpaired) electrons. The number of nitrogens with zero attached hydrogens (tertiary/aromatic N) is 3. The Bertz CT molecular complexity index is 661. The van der Waals surface area contributed by atoms with E-state index in [0.717, 1.165) is 28.7 Å². The molecule has 8 heteroatoms. The number of aliphatic imine (C=N–C) groups is 1. The smallest absolute Gasteiger partial charge is 0.231 e. The number of guanidine groups is 1. The van der Waals surface area contributed by atoms with Crippen LogP contribution in [-0.4, -0.2) is 36.9 Å². The summed E-state index contributed by atoms with van der Waals surface area (Å²) < 4.78 is 15.5. The summed E-state index contributed by atoms with van der Waals surface area (Å²) in [6, 6.07) is 7.73. The lowest BCUT2D eigenvalue weighted by atomic mass is 10.2. The molecule has 0 atom stereocenters. The van der Waals surface area contributed by atoms with E-state index in [0.29, 0.717) is 13.1 Å². The molecule has 1 N–H and O–H groups in total. The van der Waals surface area contributed by atoms with Crippen LogP contribution in [0.1, 0.15) is 11.3 Å². The Hall–Kier alpha value is -1.97. The van der Waals surface area contributed by atoms with E-state index in [4.69, 9.17) is 14.0 Å². The van der Waals surface area contributed by atoms with Crippen LogP contribution in [0.15, 0.2) is 40.0 Å². The minimum Gasteiger partial charge on any atom is -0.454 e. The van der Waals surface area contributed by atoms with Crippen LogP contribution in [0.3, 0.4) is 0 Å². The number of hydrogen-bond donors (Lipinski definition) is 1. The Morgan fingerprint density at radius 2 is 2.13 bits per heavy atom. The first-order valence-corrected chi connectivity index (χ1v) is 6.96. The molecule has 3 rings (SSSR count). The molecule has 124 valence electrons. The van der Waals surface area contributed by atoms with Gasteiger partial charge in [-0.05, 0) is 17.7 Å². The minimum absolute atomic E-state index is 0. The highest BCUT2D eigenvalue weighted by Crippen LogP contribution is 2.32. The molecule has 1 aliphatic rings. The van der Waals surface area contributed by atoms with Crippen LogP contribution < -0.4 is 14.8 Å². The molecule has 0 bridgehead atoms. The first-order chi connectivity index (χ1) is 10.8.